The van der Waals surface area contributed by atoms with E-state index in [1.165, 1.54) is 25.9 Å². The molecule has 1 unspecified atom stereocenters. The number of nitrogens with zero attached hydrogens (tertiary/aromatic N) is 3. The van der Waals surface area contributed by atoms with Crippen molar-refractivity contribution in [3.8, 4) is 0 Å². The molecule has 4 heterocycles. The number of nitrogens with one attached hydrogen (secondary N) is 1. The van der Waals surface area contributed by atoms with Crippen LogP contribution in [0.4, 0.5) is 0 Å². The van der Waals surface area contributed by atoms with Gasteiger partial charge in [0.1, 0.15) is 6.04 Å². The lowest BCUT2D eigenvalue weighted by atomic mass is 9.95. The minimum absolute atomic E-state index is 0.0838. The van der Waals surface area contributed by atoms with Crippen LogP contribution in [-0.2, 0) is 19.1 Å². The van der Waals surface area contributed by atoms with Gasteiger partial charge in [-0.15, -0.1) is 0 Å². The number of amides is 2. The number of piperazine rings is 1. The third-order valence-electron chi connectivity index (χ3n) is 8.65. The van der Waals surface area contributed by atoms with Crippen molar-refractivity contribution in [1.29, 1.82) is 0 Å². The van der Waals surface area contributed by atoms with Gasteiger partial charge in [0, 0.05) is 58.0 Å². The molecule has 0 aromatic heterocycles. The van der Waals surface area contributed by atoms with Crippen LogP contribution in [0.5, 0.6) is 0 Å². The summed E-state index contributed by atoms with van der Waals surface area (Å²) in [6, 6.07) is -0.575. The lowest BCUT2D eigenvalue weighted by molar-refractivity contribution is -0.298. The van der Waals surface area contributed by atoms with E-state index in [2.05, 4.69) is 44.8 Å². The Hall–Kier alpha value is -1.22. The molecule has 1 N–H and O–H groups in total. The average Bonchev–Trinajstić information content (AvgIpc) is 2.85. The summed E-state index contributed by atoms with van der Waals surface area (Å²) in [5.74, 6) is 1.59. The zero-order valence-corrected chi connectivity index (χ0v) is 24.0. The fourth-order valence-corrected chi connectivity index (χ4v) is 6.65. The zero-order valence-electron chi connectivity index (χ0n) is 24.0. The molecule has 1 spiro atoms. The number of rotatable bonds is 8. The molecular formula is C29H52N4O4. The highest BCUT2D eigenvalue weighted by molar-refractivity contribution is 5.90. The second kappa shape index (κ2) is 12.8. The second-order valence-electron chi connectivity index (χ2n) is 13.0. The summed E-state index contributed by atoms with van der Waals surface area (Å²) in [4.78, 5) is 33.6. The molecule has 4 aliphatic heterocycles. The maximum Gasteiger partial charge on any atom is 0.245 e. The van der Waals surface area contributed by atoms with Crippen molar-refractivity contribution in [3.63, 3.8) is 0 Å². The van der Waals surface area contributed by atoms with Crippen molar-refractivity contribution >= 4 is 11.8 Å². The summed E-state index contributed by atoms with van der Waals surface area (Å²) in [6.45, 7) is 18.4. The minimum Gasteiger partial charge on any atom is -0.349 e. The number of piperidine rings is 2. The van der Waals surface area contributed by atoms with E-state index >= 15 is 0 Å². The van der Waals surface area contributed by atoms with Crippen LogP contribution in [0.3, 0.4) is 0 Å². The van der Waals surface area contributed by atoms with Gasteiger partial charge in [0.05, 0.1) is 19.3 Å². The summed E-state index contributed by atoms with van der Waals surface area (Å²) < 4.78 is 12.7. The molecule has 2 amide bonds. The molecule has 37 heavy (non-hydrogen) atoms. The molecular weight excluding hydrogens is 468 g/mol. The van der Waals surface area contributed by atoms with E-state index in [-0.39, 0.29) is 23.9 Å². The fourth-order valence-electron chi connectivity index (χ4n) is 6.65. The van der Waals surface area contributed by atoms with Crippen LogP contribution in [0.15, 0.2) is 0 Å². The Morgan fingerprint density at radius 3 is 2.38 bits per heavy atom. The van der Waals surface area contributed by atoms with E-state index in [4.69, 9.17) is 9.47 Å². The molecule has 0 aromatic rings. The highest BCUT2D eigenvalue weighted by atomic mass is 16.7. The van der Waals surface area contributed by atoms with Crippen LogP contribution >= 0.6 is 0 Å². The van der Waals surface area contributed by atoms with E-state index in [0.29, 0.717) is 56.7 Å². The lowest BCUT2D eigenvalue weighted by Gasteiger charge is -2.47. The highest BCUT2D eigenvalue weighted by Crippen LogP contribution is 2.34. The van der Waals surface area contributed by atoms with Crippen LogP contribution in [0.25, 0.3) is 0 Å². The van der Waals surface area contributed by atoms with Crippen LogP contribution < -0.4 is 5.32 Å². The molecule has 4 fully saturated rings. The lowest BCUT2D eigenvalue weighted by Crippen LogP contribution is -2.63. The number of hydrogen-bond donors (Lipinski definition) is 1. The summed E-state index contributed by atoms with van der Waals surface area (Å²) >= 11 is 0. The predicted octanol–water partition coefficient (Wildman–Crippen LogP) is 2.96. The van der Waals surface area contributed by atoms with Crippen LogP contribution in [0, 0.1) is 23.7 Å². The van der Waals surface area contributed by atoms with Gasteiger partial charge >= 0.3 is 0 Å². The first-order valence-corrected chi connectivity index (χ1v) is 15.0. The van der Waals surface area contributed by atoms with Gasteiger partial charge in [0.25, 0.3) is 0 Å². The van der Waals surface area contributed by atoms with Crippen molar-refractivity contribution < 1.29 is 19.1 Å². The summed E-state index contributed by atoms with van der Waals surface area (Å²) in [7, 11) is 0. The molecule has 8 nitrogen and oxygen atoms in total. The minimum atomic E-state index is -0.552. The summed E-state index contributed by atoms with van der Waals surface area (Å²) in [5, 5.41) is 3.37. The van der Waals surface area contributed by atoms with Gasteiger partial charge in [-0.25, -0.2) is 0 Å². The molecule has 3 atom stereocenters. The largest absolute Gasteiger partial charge is 0.349 e. The molecule has 0 aromatic carbocycles. The Morgan fingerprint density at radius 2 is 1.76 bits per heavy atom. The van der Waals surface area contributed by atoms with Gasteiger partial charge in [-0.05, 0) is 50.0 Å². The van der Waals surface area contributed by atoms with Gasteiger partial charge in [0.2, 0.25) is 11.8 Å². The Balaban J connectivity index is 1.30. The third-order valence-corrected chi connectivity index (χ3v) is 8.65. The van der Waals surface area contributed by atoms with E-state index in [1.807, 2.05) is 9.80 Å². The van der Waals surface area contributed by atoms with E-state index in [1.54, 1.807) is 0 Å². The van der Waals surface area contributed by atoms with Gasteiger partial charge in [0.15, 0.2) is 5.79 Å². The van der Waals surface area contributed by atoms with Gasteiger partial charge in [-0.1, -0.05) is 34.6 Å². The van der Waals surface area contributed by atoms with Crippen molar-refractivity contribution in [1.82, 2.24) is 20.0 Å². The highest BCUT2D eigenvalue weighted by Gasteiger charge is 2.44. The second-order valence-corrected chi connectivity index (χ2v) is 13.0. The number of ether oxygens (including phenoxy) is 2. The van der Waals surface area contributed by atoms with Crippen molar-refractivity contribution in [2.75, 3.05) is 59.0 Å². The number of likely N-dealkylation sites (tertiary alicyclic amines) is 2. The first kappa shape index (κ1) is 28.8. The SMILES string of the molecule is CC(C)CC(C(=O)N1CCC2(CC1)OCC(CN1CCC[C@@H](C)C1)CO2)N1CCN[C@@H](CC(C)C)C1=O. The molecule has 0 radical (unpaired) electrons. The molecule has 4 rings (SSSR count). The Morgan fingerprint density at radius 1 is 1.05 bits per heavy atom. The van der Waals surface area contributed by atoms with Crippen molar-refractivity contribution in [2.45, 2.75) is 91.0 Å². The number of carbonyl (C=O) groups is 2. The normalized spacial score (nSPS) is 28.9. The molecule has 4 saturated heterocycles. The van der Waals surface area contributed by atoms with Crippen LogP contribution in [0.2, 0.25) is 0 Å². The Labute approximate surface area is 224 Å². The smallest absolute Gasteiger partial charge is 0.245 e. The Bertz CT molecular complexity index is 757. The average molecular weight is 521 g/mol. The molecule has 0 aliphatic carbocycles. The van der Waals surface area contributed by atoms with Crippen LogP contribution in [-0.4, -0.2) is 103 Å². The molecule has 0 saturated carbocycles. The molecule has 0 bridgehead atoms. The standard InChI is InChI=1S/C29H52N4O4/c1-21(2)15-25-27(34)33(14-10-30-25)26(16-22(3)4)28(35)32-12-8-29(9-13-32)36-19-24(20-37-29)18-31-11-6-7-23(5)17-31/h21-26,30H,6-20H2,1-5H3/t23-,25+,26?/m1/s1. The Kier molecular flexibility index (Phi) is 9.92. The zero-order chi connectivity index (χ0) is 26.6. The first-order valence-electron chi connectivity index (χ1n) is 15.0. The molecule has 212 valence electrons. The van der Waals surface area contributed by atoms with Gasteiger partial charge in [-0.3, -0.25) is 9.59 Å². The van der Waals surface area contributed by atoms with E-state index in [0.717, 1.165) is 38.6 Å². The number of carbonyl (C=O) groups excluding carboxylic acids is 2. The third kappa shape index (κ3) is 7.46. The van der Waals surface area contributed by atoms with Gasteiger partial charge < -0.3 is 29.5 Å². The molecule has 8 heteroatoms. The summed E-state index contributed by atoms with van der Waals surface area (Å²) in [5.41, 5.74) is 0. The van der Waals surface area contributed by atoms with Crippen molar-refractivity contribution in [2.24, 2.45) is 23.7 Å². The van der Waals surface area contributed by atoms with E-state index in [9.17, 15) is 9.59 Å². The van der Waals surface area contributed by atoms with E-state index < -0.39 is 5.79 Å². The predicted molar refractivity (Wildman–Crippen MR) is 145 cm³/mol. The van der Waals surface area contributed by atoms with Crippen LogP contribution in [0.1, 0.15) is 73.1 Å². The maximum absolute atomic E-state index is 13.8. The fraction of sp³-hybridized carbons (Fsp3) is 0.931. The summed E-state index contributed by atoms with van der Waals surface area (Å²) in [6.07, 6.45) is 5.53. The quantitative estimate of drug-likeness (QED) is 0.531. The maximum atomic E-state index is 13.8. The number of hydrogen-bond acceptors (Lipinski definition) is 6. The molecule has 4 aliphatic rings. The van der Waals surface area contributed by atoms with Crippen molar-refractivity contribution in [3.05, 3.63) is 0 Å². The monoisotopic (exact) mass is 520 g/mol. The van der Waals surface area contributed by atoms with Gasteiger partial charge in [-0.2, -0.15) is 0 Å². The first-order chi connectivity index (χ1) is 17.7. The topological polar surface area (TPSA) is 74.4 Å².